The van der Waals surface area contributed by atoms with Crippen LogP contribution in [0.3, 0.4) is 0 Å². The van der Waals surface area contributed by atoms with Crippen LogP contribution in [0, 0.1) is 0 Å². The first-order valence-corrected chi connectivity index (χ1v) is 14.4. The minimum atomic E-state index is -8.83. The molecule has 0 aromatic rings. The van der Waals surface area contributed by atoms with Crippen molar-refractivity contribution in [1.82, 2.24) is 0 Å². The van der Waals surface area contributed by atoms with Gasteiger partial charge in [0.2, 0.25) is 0 Å². The molecule has 1 unspecified atom stereocenters. The molecule has 0 aliphatic carbocycles. The minimum Gasteiger partial charge on any atom is -0.464 e. The largest absolute Gasteiger partial charge is 0.464 e. The van der Waals surface area contributed by atoms with Gasteiger partial charge in [-0.3, -0.25) is 14.1 Å². The highest BCUT2D eigenvalue weighted by Crippen LogP contribution is 2.64. The van der Waals surface area contributed by atoms with Crippen molar-refractivity contribution < 1.29 is 116 Å². The van der Waals surface area contributed by atoms with E-state index in [-0.39, 0.29) is 19.8 Å². The van der Waals surface area contributed by atoms with Crippen LogP contribution >= 0.6 is 0 Å². The summed E-state index contributed by atoms with van der Waals surface area (Å²) < 4.78 is 277. The van der Waals surface area contributed by atoms with Crippen LogP contribution in [-0.4, -0.2) is 117 Å². The summed E-state index contributed by atoms with van der Waals surface area (Å²) in [5.41, 5.74) is 0. The SMILES string of the molecule is CCCCOCCOCCOC(=O)CC(C(=O)OCCC(F)(F)C(F)(F)C(F)(F)C(F)(F)C(F)(F)C(F)(F)C(F)(F)C(F)(F)F)S(=O)(=O)O. The molecule has 292 valence electrons. The quantitative estimate of drug-likeness (QED) is 0.0614. The summed E-state index contributed by atoms with van der Waals surface area (Å²) in [5.74, 6) is -62.4. The Morgan fingerprint density at radius 2 is 1.00 bits per heavy atom. The van der Waals surface area contributed by atoms with Crippen LogP contribution in [0.25, 0.3) is 0 Å². The van der Waals surface area contributed by atoms with Crippen LogP contribution in [0.5, 0.6) is 0 Å². The van der Waals surface area contributed by atoms with Crippen LogP contribution in [0.15, 0.2) is 0 Å². The van der Waals surface area contributed by atoms with E-state index in [1.165, 1.54) is 0 Å². The van der Waals surface area contributed by atoms with Gasteiger partial charge in [-0.1, -0.05) is 13.3 Å². The second-order valence-electron chi connectivity index (χ2n) is 9.57. The summed E-state index contributed by atoms with van der Waals surface area (Å²) in [5, 5.41) is -3.12. The lowest BCUT2D eigenvalue weighted by Gasteiger charge is -2.42. The van der Waals surface area contributed by atoms with Crippen molar-refractivity contribution >= 4 is 22.1 Å². The lowest BCUT2D eigenvalue weighted by molar-refractivity contribution is -0.461. The van der Waals surface area contributed by atoms with Crippen LogP contribution in [0.2, 0.25) is 0 Å². The van der Waals surface area contributed by atoms with Crippen molar-refractivity contribution in [1.29, 1.82) is 0 Å². The van der Waals surface area contributed by atoms with Gasteiger partial charge in [-0.25, -0.2) is 0 Å². The Kier molecular flexibility index (Phi) is 15.5. The number of esters is 2. The maximum atomic E-state index is 14.0. The predicted molar refractivity (Wildman–Crippen MR) is 124 cm³/mol. The molecular formula is C22H25F17O9S. The molecule has 49 heavy (non-hydrogen) atoms. The van der Waals surface area contributed by atoms with Crippen LogP contribution in [-0.2, 0) is 38.7 Å². The van der Waals surface area contributed by atoms with E-state index in [2.05, 4.69) is 9.47 Å². The van der Waals surface area contributed by atoms with Gasteiger partial charge in [0.15, 0.2) is 5.25 Å². The molecule has 0 aliphatic heterocycles. The van der Waals surface area contributed by atoms with E-state index in [0.717, 1.165) is 12.8 Å². The molecule has 0 aromatic carbocycles. The van der Waals surface area contributed by atoms with Gasteiger partial charge in [-0.05, 0) is 6.42 Å². The fourth-order valence-corrected chi connectivity index (χ4v) is 3.69. The molecule has 0 radical (unpaired) electrons. The van der Waals surface area contributed by atoms with Gasteiger partial charge in [0.05, 0.1) is 39.3 Å². The van der Waals surface area contributed by atoms with Crippen LogP contribution < -0.4 is 0 Å². The van der Waals surface area contributed by atoms with Gasteiger partial charge in [0, 0.05) is 6.61 Å². The number of carbonyl (C=O) groups is 2. The number of alkyl halides is 17. The topological polar surface area (TPSA) is 125 Å². The summed E-state index contributed by atoms with van der Waals surface area (Å²) in [6.07, 6.45) is -11.3. The lowest BCUT2D eigenvalue weighted by Crippen LogP contribution is -2.74. The van der Waals surface area contributed by atoms with Crippen LogP contribution in [0.1, 0.15) is 32.6 Å². The van der Waals surface area contributed by atoms with Gasteiger partial charge < -0.3 is 18.9 Å². The summed E-state index contributed by atoms with van der Waals surface area (Å²) in [6, 6.07) is 0. The van der Waals surface area contributed by atoms with E-state index in [1.54, 1.807) is 0 Å². The molecule has 0 saturated carbocycles. The highest BCUT2D eigenvalue weighted by atomic mass is 32.2. The molecule has 27 heteroatoms. The Balaban J connectivity index is 5.68. The van der Waals surface area contributed by atoms with Crippen LogP contribution in [0.4, 0.5) is 74.6 Å². The van der Waals surface area contributed by atoms with E-state index in [1.807, 2.05) is 6.92 Å². The van der Waals surface area contributed by atoms with E-state index in [9.17, 15) is 92.6 Å². The first-order valence-electron chi connectivity index (χ1n) is 12.9. The summed E-state index contributed by atoms with van der Waals surface area (Å²) in [6.45, 7) is -1.10. The molecule has 9 nitrogen and oxygen atoms in total. The molecule has 1 N–H and O–H groups in total. The zero-order valence-corrected chi connectivity index (χ0v) is 25.0. The number of ether oxygens (including phenoxy) is 4. The number of hydrogen-bond donors (Lipinski definition) is 1. The third-order valence-electron chi connectivity index (χ3n) is 5.93. The lowest BCUT2D eigenvalue weighted by atomic mass is 9.88. The predicted octanol–water partition coefficient (Wildman–Crippen LogP) is 5.95. The third kappa shape index (κ3) is 10.1. The Bertz CT molecular complexity index is 1210. The van der Waals surface area contributed by atoms with Gasteiger partial charge in [-0.2, -0.15) is 83.1 Å². The van der Waals surface area contributed by atoms with Crippen molar-refractivity contribution in [2.75, 3.05) is 39.6 Å². The molecule has 0 aromatic heterocycles. The summed E-state index contributed by atoms with van der Waals surface area (Å²) in [7, 11) is -5.77. The Morgan fingerprint density at radius 1 is 0.592 bits per heavy atom. The average molecular weight is 788 g/mol. The van der Waals surface area contributed by atoms with Crippen molar-refractivity contribution in [2.24, 2.45) is 0 Å². The molecule has 0 heterocycles. The monoisotopic (exact) mass is 788 g/mol. The van der Waals surface area contributed by atoms with Crippen molar-refractivity contribution in [3.8, 4) is 0 Å². The van der Waals surface area contributed by atoms with Crippen molar-refractivity contribution in [3.63, 3.8) is 0 Å². The first-order chi connectivity index (χ1) is 21.7. The van der Waals surface area contributed by atoms with E-state index >= 15 is 0 Å². The molecule has 0 amide bonds. The second kappa shape index (κ2) is 16.3. The van der Waals surface area contributed by atoms with Gasteiger partial charge in [0.25, 0.3) is 10.1 Å². The average Bonchev–Trinajstić information content (AvgIpc) is 2.92. The summed E-state index contributed by atoms with van der Waals surface area (Å²) in [4.78, 5) is 23.7. The highest BCUT2D eigenvalue weighted by Gasteiger charge is 2.95. The zero-order valence-electron chi connectivity index (χ0n) is 24.2. The van der Waals surface area contributed by atoms with E-state index in [4.69, 9.17) is 14.0 Å². The standard InChI is InChI=1S/C22H25F17O9S/c1-2-3-5-45-7-8-46-9-10-47-13(40)11-12(49(42,43)44)14(41)48-6-4-15(23,24)16(25,26)17(27,28)18(29,30)19(31,32)20(33,34)21(35,36)22(37,38)39/h12H,2-11H2,1H3,(H,42,43,44). The normalized spacial score (nSPS) is 15.2. The molecule has 0 aliphatic rings. The maximum Gasteiger partial charge on any atom is 0.460 e. The minimum absolute atomic E-state index is 0.0165. The first kappa shape index (κ1) is 46.6. The fourth-order valence-electron chi connectivity index (χ4n) is 3.03. The number of unbranched alkanes of at least 4 members (excludes halogenated alkanes) is 1. The molecule has 0 bridgehead atoms. The molecule has 1 atom stereocenters. The molecule has 0 spiro atoms. The molecule has 0 fully saturated rings. The third-order valence-corrected chi connectivity index (χ3v) is 7.01. The molecule has 0 saturated heterocycles. The maximum absolute atomic E-state index is 14.0. The Morgan fingerprint density at radius 3 is 1.43 bits per heavy atom. The smallest absolute Gasteiger partial charge is 0.460 e. The fraction of sp³-hybridized carbons (Fsp3) is 0.909. The van der Waals surface area contributed by atoms with Gasteiger partial charge >= 0.3 is 59.6 Å². The summed E-state index contributed by atoms with van der Waals surface area (Å²) >= 11 is 0. The second-order valence-corrected chi connectivity index (χ2v) is 11.2. The Hall–Kier alpha value is -2.42. The van der Waals surface area contributed by atoms with Crippen molar-refractivity contribution in [3.05, 3.63) is 0 Å². The zero-order chi connectivity index (χ0) is 39.1. The van der Waals surface area contributed by atoms with Crippen molar-refractivity contribution in [2.45, 2.75) is 85.5 Å². The molecule has 0 rings (SSSR count). The Labute approximate surface area is 264 Å². The highest BCUT2D eigenvalue weighted by molar-refractivity contribution is 7.87. The van der Waals surface area contributed by atoms with Gasteiger partial charge in [-0.15, -0.1) is 0 Å². The number of carbonyl (C=O) groups excluding carboxylic acids is 2. The number of hydrogen-bond acceptors (Lipinski definition) is 8. The number of rotatable bonds is 22. The van der Waals surface area contributed by atoms with E-state index in [0.29, 0.717) is 6.61 Å². The van der Waals surface area contributed by atoms with Gasteiger partial charge in [0.1, 0.15) is 6.61 Å². The van der Waals surface area contributed by atoms with E-state index < -0.39 is 101 Å². The molecular weight excluding hydrogens is 763 g/mol. The number of halogens is 17.